The van der Waals surface area contributed by atoms with Gasteiger partial charge in [-0.15, -0.1) is 11.3 Å². The Bertz CT molecular complexity index is 1200. The minimum Gasteiger partial charge on any atom is -0.292 e. The van der Waals surface area contributed by atoms with Crippen LogP contribution in [0.15, 0.2) is 35.5 Å². The number of rotatable bonds is 8. The lowest BCUT2D eigenvalue weighted by atomic mass is 10.1. The average molecular weight is 469 g/mol. The number of ketones is 1. The molecular formula is C19H18ClFN4O3S2. The van der Waals surface area contributed by atoms with Crippen LogP contribution in [0.1, 0.15) is 38.2 Å². The number of nitrogens with zero attached hydrogens (tertiary/aromatic N) is 3. The molecule has 0 bridgehead atoms. The number of hydrogen-bond donors (Lipinski definition) is 1. The molecule has 1 N–H and O–H groups in total. The van der Waals surface area contributed by atoms with Crippen molar-refractivity contribution < 1.29 is 17.6 Å². The van der Waals surface area contributed by atoms with Crippen molar-refractivity contribution in [3.05, 3.63) is 68.4 Å². The van der Waals surface area contributed by atoms with Gasteiger partial charge in [-0.25, -0.2) is 27.5 Å². The molecule has 0 fully saturated rings. The van der Waals surface area contributed by atoms with Gasteiger partial charge in [0.05, 0.1) is 39.1 Å². The highest BCUT2D eigenvalue weighted by atomic mass is 35.5. The summed E-state index contributed by atoms with van der Waals surface area (Å²) < 4.78 is 40.6. The maximum absolute atomic E-state index is 13.5. The molecule has 158 valence electrons. The predicted molar refractivity (Wildman–Crippen MR) is 112 cm³/mol. The third kappa shape index (κ3) is 5.45. The van der Waals surface area contributed by atoms with Crippen LogP contribution in [0, 0.1) is 19.7 Å². The summed E-state index contributed by atoms with van der Waals surface area (Å²) in [5.74, 6) is -0.979. The van der Waals surface area contributed by atoms with Crippen LogP contribution in [-0.2, 0) is 23.0 Å². The molecule has 2 heterocycles. The third-order valence-corrected chi connectivity index (χ3v) is 6.91. The number of benzene rings is 1. The third-order valence-electron chi connectivity index (χ3n) is 4.23. The number of carbonyl (C=O) groups is 1. The molecule has 1 aromatic carbocycles. The number of aryl methyl sites for hydroxylation is 3. The molecule has 0 aliphatic heterocycles. The van der Waals surface area contributed by atoms with Crippen LogP contribution in [0.25, 0.3) is 0 Å². The highest BCUT2D eigenvalue weighted by Gasteiger charge is 2.18. The zero-order valence-corrected chi connectivity index (χ0v) is 18.5. The number of nitrogens with one attached hydrogen (secondary N) is 1. The Morgan fingerprint density at radius 1 is 1.23 bits per heavy atom. The zero-order chi connectivity index (χ0) is 21.9. The number of aromatic nitrogens is 3. The van der Waals surface area contributed by atoms with Crippen molar-refractivity contribution in [1.29, 1.82) is 0 Å². The van der Waals surface area contributed by atoms with E-state index in [2.05, 4.69) is 19.7 Å². The van der Waals surface area contributed by atoms with Crippen molar-refractivity contribution in [3.63, 3.8) is 0 Å². The van der Waals surface area contributed by atoms with Crippen molar-refractivity contribution in [3.8, 4) is 0 Å². The topological polar surface area (TPSA) is 102 Å². The van der Waals surface area contributed by atoms with Crippen LogP contribution < -0.4 is 4.72 Å². The minimum absolute atomic E-state index is 0.152. The van der Waals surface area contributed by atoms with Crippen molar-refractivity contribution in [2.45, 2.75) is 38.1 Å². The van der Waals surface area contributed by atoms with E-state index in [1.165, 1.54) is 18.3 Å². The summed E-state index contributed by atoms with van der Waals surface area (Å²) in [7, 11) is -3.97. The van der Waals surface area contributed by atoms with Crippen LogP contribution >= 0.6 is 22.9 Å². The monoisotopic (exact) mass is 468 g/mol. The summed E-state index contributed by atoms with van der Waals surface area (Å²) in [5.41, 5.74) is 1.02. The van der Waals surface area contributed by atoms with Crippen molar-refractivity contribution in [2.24, 2.45) is 0 Å². The minimum atomic E-state index is -3.97. The summed E-state index contributed by atoms with van der Waals surface area (Å²) in [6.07, 6.45) is 3.94. The number of halogens is 2. The lowest BCUT2D eigenvalue weighted by Crippen LogP contribution is -2.24. The van der Waals surface area contributed by atoms with Crippen LogP contribution in [0.4, 0.5) is 4.39 Å². The second-order valence-electron chi connectivity index (χ2n) is 6.46. The van der Waals surface area contributed by atoms with Gasteiger partial charge in [0.25, 0.3) is 0 Å². The molecule has 7 nitrogen and oxygen atoms in total. The summed E-state index contributed by atoms with van der Waals surface area (Å²) in [4.78, 5) is 25.7. The fraction of sp³-hybridized carbons (Fsp3) is 0.263. The van der Waals surface area contributed by atoms with Gasteiger partial charge in [0.15, 0.2) is 5.78 Å². The van der Waals surface area contributed by atoms with E-state index in [1.807, 2.05) is 6.92 Å². The lowest BCUT2D eigenvalue weighted by Gasteiger charge is -2.09. The Morgan fingerprint density at radius 3 is 2.63 bits per heavy atom. The molecule has 0 aliphatic carbocycles. The van der Waals surface area contributed by atoms with E-state index in [1.54, 1.807) is 24.5 Å². The molecule has 0 saturated heterocycles. The van der Waals surface area contributed by atoms with Gasteiger partial charge in [-0.1, -0.05) is 11.6 Å². The Morgan fingerprint density at radius 2 is 2.00 bits per heavy atom. The summed E-state index contributed by atoms with van der Waals surface area (Å²) >= 11 is 7.13. The fourth-order valence-corrected chi connectivity index (χ4v) is 4.50. The van der Waals surface area contributed by atoms with Crippen LogP contribution in [0.2, 0.25) is 5.02 Å². The number of carbonyl (C=O) groups excluding carboxylic acids is 1. The first kappa shape index (κ1) is 22.4. The fourth-order valence-electron chi connectivity index (χ4n) is 2.59. The van der Waals surface area contributed by atoms with E-state index in [4.69, 9.17) is 11.6 Å². The van der Waals surface area contributed by atoms with Gasteiger partial charge >= 0.3 is 0 Å². The van der Waals surface area contributed by atoms with Gasteiger partial charge in [0, 0.05) is 17.5 Å². The first-order valence-electron chi connectivity index (χ1n) is 8.87. The van der Waals surface area contributed by atoms with E-state index >= 15 is 0 Å². The van der Waals surface area contributed by atoms with E-state index in [9.17, 15) is 17.6 Å². The second kappa shape index (κ2) is 9.25. The Kier molecular flexibility index (Phi) is 6.91. The zero-order valence-electron chi connectivity index (χ0n) is 16.1. The van der Waals surface area contributed by atoms with Crippen molar-refractivity contribution in [1.82, 2.24) is 19.7 Å². The summed E-state index contributed by atoms with van der Waals surface area (Å²) in [5, 5.41) is 0.780. The van der Waals surface area contributed by atoms with E-state index in [-0.39, 0.29) is 34.4 Å². The second-order valence-corrected chi connectivity index (χ2v) is 9.95. The molecule has 0 saturated carbocycles. The largest absolute Gasteiger partial charge is 0.292 e. The quantitative estimate of drug-likeness (QED) is 0.506. The molecule has 30 heavy (non-hydrogen) atoms. The van der Waals surface area contributed by atoms with Crippen molar-refractivity contribution >= 4 is 38.7 Å². The van der Waals surface area contributed by atoms with Gasteiger partial charge in [0.1, 0.15) is 11.5 Å². The molecule has 2 aromatic heterocycles. The van der Waals surface area contributed by atoms with Gasteiger partial charge in [-0.2, -0.15) is 0 Å². The lowest BCUT2D eigenvalue weighted by molar-refractivity contribution is 0.0977. The number of Topliss-reactive ketones (excluding diaryl/α,β-unsaturated/α-hetero) is 1. The van der Waals surface area contributed by atoms with Crippen LogP contribution in [0.5, 0.6) is 0 Å². The number of thiazole rings is 1. The first-order valence-corrected chi connectivity index (χ1v) is 11.5. The normalized spacial score (nSPS) is 11.6. The SMILES string of the molecule is Cc1ncc(CCC(=O)c2cnc(CNS(=O)(=O)c3ccc(Cl)c(F)c3)c(C)n2)s1. The van der Waals surface area contributed by atoms with E-state index in [0.29, 0.717) is 17.8 Å². The van der Waals surface area contributed by atoms with Gasteiger partial charge in [-0.3, -0.25) is 9.78 Å². The molecule has 0 aliphatic rings. The molecule has 11 heteroatoms. The maximum atomic E-state index is 13.5. The van der Waals surface area contributed by atoms with E-state index < -0.39 is 15.8 Å². The molecular weight excluding hydrogens is 451 g/mol. The van der Waals surface area contributed by atoms with Gasteiger partial charge < -0.3 is 0 Å². The molecule has 0 atom stereocenters. The Balaban J connectivity index is 1.64. The highest BCUT2D eigenvalue weighted by Crippen LogP contribution is 2.19. The number of sulfonamides is 1. The van der Waals surface area contributed by atoms with Gasteiger partial charge in [0.2, 0.25) is 10.0 Å². The molecule has 0 amide bonds. The smallest absolute Gasteiger partial charge is 0.241 e. The Labute approximate surface area is 182 Å². The molecule has 0 radical (unpaired) electrons. The summed E-state index contributed by atoms with van der Waals surface area (Å²) in [6, 6.07) is 3.22. The number of hydrogen-bond acceptors (Lipinski definition) is 7. The standard InChI is InChI=1S/C19H18ClFN4O3S2/c1-11-17(10-24-30(27,28)14-4-5-15(20)16(21)7-14)23-9-18(25-11)19(26)6-3-13-8-22-12(2)29-13/h4-5,7-9,24H,3,6,10H2,1-2H3. The average Bonchev–Trinajstić information content (AvgIpc) is 3.12. The van der Waals surface area contributed by atoms with Crippen molar-refractivity contribution in [2.75, 3.05) is 0 Å². The maximum Gasteiger partial charge on any atom is 0.241 e. The van der Waals surface area contributed by atoms with Gasteiger partial charge in [-0.05, 0) is 38.5 Å². The molecule has 3 aromatic rings. The highest BCUT2D eigenvalue weighted by molar-refractivity contribution is 7.89. The van der Waals surface area contributed by atoms with Crippen LogP contribution in [0.3, 0.4) is 0 Å². The molecule has 3 rings (SSSR count). The predicted octanol–water partition coefficient (Wildman–Crippen LogP) is 3.64. The van der Waals surface area contributed by atoms with Crippen LogP contribution in [-0.4, -0.2) is 29.2 Å². The molecule has 0 spiro atoms. The molecule has 0 unspecified atom stereocenters. The summed E-state index contributed by atoms with van der Waals surface area (Å²) in [6.45, 7) is 3.39. The Hall–Kier alpha value is -2.27. The first-order chi connectivity index (χ1) is 14.2. The van der Waals surface area contributed by atoms with E-state index in [0.717, 1.165) is 16.0 Å².